The van der Waals surface area contributed by atoms with Crippen LogP contribution in [0, 0.1) is 0 Å². The number of hydrogen-bond acceptors (Lipinski definition) is 7. The predicted octanol–water partition coefficient (Wildman–Crippen LogP) is 5.85. The van der Waals surface area contributed by atoms with Crippen molar-refractivity contribution in [2.24, 2.45) is 0 Å². The van der Waals surface area contributed by atoms with Crippen molar-refractivity contribution in [2.75, 3.05) is 10.6 Å². The standard InChI is InChI=1S/C29H28N6O4S/c1-17(36)31-25-23(19-9-6-5-7-10-19)33-24-20(11-8-14-35(24)25)26(37)30-16-18-12-13-21-22(15-18)40-27(32-21)34-28(38)39-29(2,3)4/h5-15H,16H2,1-4H3,(H,30,37)(H,31,36)(H,32,34,38). The van der Waals surface area contributed by atoms with E-state index in [1.165, 1.54) is 18.3 Å². The van der Waals surface area contributed by atoms with Gasteiger partial charge in [-0.1, -0.05) is 47.7 Å². The molecule has 0 saturated heterocycles. The van der Waals surface area contributed by atoms with E-state index in [9.17, 15) is 14.4 Å². The maximum Gasteiger partial charge on any atom is 0.413 e. The number of carbonyl (C=O) groups excluding carboxylic acids is 3. The third kappa shape index (κ3) is 5.94. The van der Waals surface area contributed by atoms with Crippen LogP contribution in [-0.4, -0.2) is 37.9 Å². The molecule has 3 amide bonds. The van der Waals surface area contributed by atoms with Crippen molar-refractivity contribution < 1.29 is 19.1 Å². The van der Waals surface area contributed by atoms with Crippen LogP contribution >= 0.6 is 11.3 Å². The number of ether oxygens (including phenoxy) is 1. The van der Waals surface area contributed by atoms with Crippen molar-refractivity contribution in [3.63, 3.8) is 0 Å². The number of thiazole rings is 1. The van der Waals surface area contributed by atoms with Crippen LogP contribution in [-0.2, 0) is 16.1 Å². The van der Waals surface area contributed by atoms with Crippen LogP contribution in [0.2, 0.25) is 0 Å². The molecule has 0 atom stereocenters. The van der Waals surface area contributed by atoms with Gasteiger partial charge in [0, 0.05) is 25.2 Å². The Hall–Kier alpha value is -4.77. The van der Waals surface area contributed by atoms with Crippen molar-refractivity contribution in [3.8, 4) is 11.3 Å². The quantitative estimate of drug-likeness (QED) is 0.241. The largest absolute Gasteiger partial charge is 0.444 e. The molecule has 3 N–H and O–H groups in total. The molecular formula is C29H28N6O4S. The fourth-order valence-electron chi connectivity index (χ4n) is 4.13. The highest BCUT2D eigenvalue weighted by molar-refractivity contribution is 7.22. The fourth-order valence-corrected chi connectivity index (χ4v) is 5.04. The van der Waals surface area contributed by atoms with Gasteiger partial charge in [-0.2, -0.15) is 0 Å². The minimum atomic E-state index is -0.610. The number of nitrogens with zero attached hydrogens (tertiary/aromatic N) is 3. The normalized spacial score (nSPS) is 11.4. The maximum atomic E-state index is 13.3. The fraction of sp³-hybridized carbons (Fsp3) is 0.207. The SMILES string of the molecule is CC(=O)Nc1c(-c2ccccc2)nc2c(C(=O)NCc3ccc4nc(NC(=O)OC(C)(C)C)sc4c3)cccn12. The molecule has 0 aliphatic heterocycles. The van der Waals surface area contributed by atoms with Crippen LogP contribution in [0.25, 0.3) is 27.1 Å². The van der Waals surface area contributed by atoms with Gasteiger partial charge in [0.25, 0.3) is 5.91 Å². The van der Waals surface area contributed by atoms with E-state index < -0.39 is 11.7 Å². The zero-order chi connectivity index (χ0) is 28.4. The molecular weight excluding hydrogens is 528 g/mol. The number of fused-ring (bicyclic) bond motifs is 2. The van der Waals surface area contributed by atoms with Crippen molar-refractivity contribution in [1.29, 1.82) is 0 Å². The molecule has 0 radical (unpaired) electrons. The lowest BCUT2D eigenvalue weighted by atomic mass is 10.1. The van der Waals surface area contributed by atoms with Gasteiger partial charge >= 0.3 is 6.09 Å². The third-order valence-corrected chi connectivity index (χ3v) is 6.68. The number of benzene rings is 2. The second kappa shape index (κ2) is 10.8. The summed E-state index contributed by atoms with van der Waals surface area (Å²) in [5, 5.41) is 8.91. The van der Waals surface area contributed by atoms with E-state index in [2.05, 4.69) is 20.9 Å². The smallest absolute Gasteiger partial charge is 0.413 e. The Labute approximate surface area is 234 Å². The van der Waals surface area contributed by atoms with E-state index >= 15 is 0 Å². The number of carbonyl (C=O) groups is 3. The Morgan fingerprint density at radius 1 is 0.975 bits per heavy atom. The number of pyridine rings is 1. The van der Waals surface area contributed by atoms with Crippen LogP contribution in [0.15, 0.2) is 66.9 Å². The first-order valence-corrected chi connectivity index (χ1v) is 13.4. The molecule has 2 aromatic carbocycles. The van der Waals surface area contributed by atoms with Crippen molar-refractivity contribution in [2.45, 2.75) is 39.8 Å². The summed E-state index contributed by atoms with van der Waals surface area (Å²) in [4.78, 5) is 46.5. The number of amides is 3. The molecule has 11 heteroatoms. The molecule has 0 spiro atoms. The molecule has 40 heavy (non-hydrogen) atoms. The Morgan fingerprint density at radius 2 is 1.75 bits per heavy atom. The molecule has 5 aromatic rings. The number of anilines is 2. The number of imidazole rings is 1. The summed E-state index contributed by atoms with van der Waals surface area (Å²) in [7, 11) is 0. The minimum Gasteiger partial charge on any atom is -0.444 e. The topological polar surface area (TPSA) is 127 Å². The van der Waals surface area contributed by atoms with E-state index in [0.717, 1.165) is 21.3 Å². The molecule has 0 fully saturated rings. The van der Waals surface area contributed by atoms with Gasteiger partial charge in [-0.05, 0) is 50.6 Å². The van der Waals surface area contributed by atoms with Crippen molar-refractivity contribution in [1.82, 2.24) is 19.7 Å². The van der Waals surface area contributed by atoms with E-state index in [-0.39, 0.29) is 18.4 Å². The Balaban J connectivity index is 1.36. The summed E-state index contributed by atoms with van der Waals surface area (Å²) in [5.41, 5.74) is 3.18. The van der Waals surface area contributed by atoms with E-state index in [1.807, 2.05) is 48.5 Å². The third-order valence-electron chi connectivity index (χ3n) is 5.75. The molecule has 3 aromatic heterocycles. The highest BCUT2D eigenvalue weighted by atomic mass is 32.1. The summed E-state index contributed by atoms with van der Waals surface area (Å²) < 4.78 is 7.86. The average Bonchev–Trinajstić information content (AvgIpc) is 3.46. The maximum absolute atomic E-state index is 13.3. The number of rotatable bonds is 6. The van der Waals surface area contributed by atoms with E-state index in [1.54, 1.807) is 43.5 Å². The number of aromatic nitrogens is 3. The first kappa shape index (κ1) is 26.8. The van der Waals surface area contributed by atoms with Crippen LogP contribution in [0.1, 0.15) is 43.6 Å². The lowest BCUT2D eigenvalue weighted by Crippen LogP contribution is -2.27. The second-order valence-electron chi connectivity index (χ2n) is 10.1. The van der Waals surface area contributed by atoms with Gasteiger partial charge in [0.05, 0.1) is 15.8 Å². The highest BCUT2D eigenvalue weighted by Crippen LogP contribution is 2.30. The van der Waals surface area contributed by atoms with Gasteiger partial charge in [0.15, 0.2) is 10.8 Å². The van der Waals surface area contributed by atoms with Crippen LogP contribution in [0.3, 0.4) is 0 Å². The summed E-state index contributed by atoms with van der Waals surface area (Å²) >= 11 is 1.32. The van der Waals surface area contributed by atoms with Crippen molar-refractivity contribution in [3.05, 3.63) is 78.0 Å². The van der Waals surface area contributed by atoms with Gasteiger partial charge in [-0.3, -0.25) is 19.3 Å². The second-order valence-corrected chi connectivity index (χ2v) is 11.1. The van der Waals surface area contributed by atoms with Gasteiger partial charge in [-0.15, -0.1) is 0 Å². The molecule has 10 nitrogen and oxygen atoms in total. The predicted molar refractivity (Wildman–Crippen MR) is 156 cm³/mol. The lowest BCUT2D eigenvalue weighted by molar-refractivity contribution is -0.114. The first-order chi connectivity index (χ1) is 19.1. The van der Waals surface area contributed by atoms with Crippen molar-refractivity contribution >= 4 is 56.1 Å². The minimum absolute atomic E-state index is 0.239. The molecule has 0 aliphatic rings. The molecule has 3 heterocycles. The molecule has 204 valence electrons. The number of nitrogens with one attached hydrogen (secondary N) is 3. The Morgan fingerprint density at radius 3 is 2.48 bits per heavy atom. The number of hydrogen-bond donors (Lipinski definition) is 3. The summed E-state index contributed by atoms with van der Waals surface area (Å²) in [6, 6.07) is 18.6. The zero-order valence-electron chi connectivity index (χ0n) is 22.4. The van der Waals surface area contributed by atoms with Crippen LogP contribution in [0.4, 0.5) is 15.7 Å². The van der Waals surface area contributed by atoms with E-state index in [4.69, 9.17) is 9.72 Å². The molecule has 0 saturated carbocycles. The summed E-state index contributed by atoms with van der Waals surface area (Å²) in [6.45, 7) is 7.09. The van der Waals surface area contributed by atoms with Gasteiger partial charge in [0.2, 0.25) is 5.91 Å². The summed E-state index contributed by atoms with van der Waals surface area (Å²) in [6.07, 6.45) is 1.20. The highest BCUT2D eigenvalue weighted by Gasteiger charge is 2.20. The molecule has 5 rings (SSSR count). The van der Waals surface area contributed by atoms with E-state index in [0.29, 0.717) is 27.9 Å². The Bertz CT molecular complexity index is 1740. The molecule has 0 bridgehead atoms. The van der Waals surface area contributed by atoms with Crippen LogP contribution in [0.5, 0.6) is 0 Å². The zero-order valence-corrected chi connectivity index (χ0v) is 23.3. The first-order valence-electron chi connectivity index (χ1n) is 12.6. The van der Waals surface area contributed by atoms with Gasteiger partial charge in [-0.25, -0.2) is 14.8 Å². The van der Waals surface area contributed by atoms with Gasteiger partial charge < -0.3 is 15.4 Å². The van der Waals surface area contributed by atoms with Gasteiger partial charge in [0.1, 0.15) is 17.1 Å². The Kier molecular flexibility index (Phi) is 7.22. The monoisotopic (exact) mass is 556 g/mol. The molecule has 0 unspecified atom stereocenters. The molecule has 0 aliphatic carbocycles. The summed E-state index contributed by atoms with van der Waals surface area (Å²) in [5.74, 6) is -0.0483. The van der Waals surface area contributed by atoms with Crippen LogP contribution < -0.4 is 16.0 Å². The average molecular weight is 557 g/mol. The lowest BCUT2D eigenvalue weighted by Gasteiger charge is -2.18.